The first kappa shape index (κ1) is 34.4. The molecular formula is C46H44Cl2GeZr. The molecule has 2 unspecified atom stereocenters. The predicted molar refractivity (Wildman–Crippen MR) is 219 cm³/mol. The molecule has 0 fully saturated rings. The molecule has 2 atom stereocenters. The van der Waals surface area contributed by atoms with Crippen molar-refractivity contribution in [3.63, 3.8) is 0 Å². The van der Waals surface area contributed by atoms with Gasteiger partial charge in [0, 0.05) is 0 Å². The fourth-order valence-corrected chi connectivity index (χ4v) is 50.0. The Bertz CT molecular complexity index is 2320. The van der Waals surface area contributed by atoms with Crippen LogP contribution in [-0.4, -0.2) is 9.98 Å². The van der Waals surface area contributed by atoms with Crippen molar-refractivity contribution in [2.75, 3.05) is 0 Å². The quantitative estimate of drug-likeness (QED) is 0.147. The fraction of sp³-hybridized carbons (Fsp3) is 0.217. The van der Waals surface area contributed by atoms with Crippen LogP contribution in [0.25, 0.3) is 56.0 Å². The Morgan fingerprint density at radius 2 is 0.840 bits per heavy atom. The molecule has 0 nitrogen and oxygen atoms in total. The molecule has 0 spiro atoms. The molecular weight excluding hydrogens is 787 g/mol. The van der Waals surface area contributed by atoms with E-state index in [0.717, 1.165) is 0 Å². The minimum atomic E-state index is -4.93. The minimum absolute atomic E-state index is 0.0639. The van der Waals surface area contributed by atoms with Crippen molar-refractivity contribution in [3.8, 4) is 22.3 Å². The molecule has 0 N–H and O–H groups in total. The van der Waals surface area contributed by atoms with Gasteiger partial charge in [-0.25, -0.2) is 0 Å². The molecule has 2 aliphatic rings. The van der Waals surface area contributed by atoms with E-state index >= 15 is 0 Å². The van der Waals surface area contributed by atoms with Crippen LogP contribution in [0.15, 0.2) is 132 Å². The van der Waals surface area contributed by atoms with Gasteiger partial charge in [-0.15, -0.1) is 0 Å². The summed E-state index contributed by atoms with van der Waals surface area (Å²) in [7, 11) is 15.6. The SMILES string of the molecule is CC(C)C1=Cc2c(-c3cccc4ccccc34)cccc2[CH]1[Zr]([Cl])([Cl])([CH]1C(C(C)C)=Cc2c(-c3cccc4ccccc34)cccc21)=[Ge]([CH3])[CH3]. The summed E-state index contributed by atoms with van der Waals surface area (Å²) in [6.07, 6.45) is 5.00. The number of halogens is 2. The van der Waals surface area contributed by atoms with Crippen LogP contribution in [0.5, 0.6) is 0 Å². The van der Waals surface area contributed by atoms with Crippen molar-refractivity contribution in [2.45, 2.75) is 46.5 Å². The molecule has 0 amide bonds. The number of hydrogen-bond donors (Lipinski definition) is 0. The van der Waals surface area contributed by atoms with Crippen molar-refractivity contribution in [2.24, 2.45) is 11.8 Å². The van der Waals surface area contributed by atoms with E-state index in [9.17, 15) is 0 Å². The summed E-state index contributed by atoms with van der Waals surface area (Å²) >= 11 is -4.93. The molecule has 0 aromatic heterocycles. The van der Waals surface area contributed by atoms with Gasteiger partial charge in [0.1, 0.15) is 0 Å². The van der Waals surface area contributed by atoms with E-state index in [2.05, 4.69) is 173 Å². The van der Waals surface area contributed by atoms with Gasteiger partial charge in [-0.05, 0) is 0 Å². The van der Waals surface area contributed by atoms with Gasteiger partial charge in [0.2, 0.25) is 0 Å². The van der Waals surface area contributed by atoms with Gasteiger partial charge in [0.25, 0.3) is 0 Å². The third kappa shape index (κ3) is 5.16. The second kappa shape index (κ2) is 12.8. The van der Waals surface area contributed by atoms with Gasteiger partial charge < -0.3 is 0 Å². The average molecular weight is 832 g/mol. The van der Waals surface area contributed by atoms with Crippen LogP contribution in [0.2, 0.25) is 11.5 Å². The predicted octanol–water partition coefficient (Wildman–Crippen LogP) is 14.5. The average Bonchev–Trinajstić information content (AvgIpc) is 3.73. The van der Waals surface area contributed by atoms with Crippen LogP contribution in [0.1, 0.15) is 57.2 Å². The summed E-state index contributed by atoms with van der Waals surface area (Å²) in [5.74, 6) is 5.62. The maximum atomic E-state index is 8.83. The Morgan fingerprint density at radius 3 is 1.24 bits per heavy atom. The Labute approximate surface area is 306 Å². The van der Waals surface area contributed by atoms with E-state index in [-0.39, 0.29) is 7.25 Å². The third-order valence-corrected chi connectivity index (χ3v) is 84.0. The molecule has 8 rings (SSSR count). The number of rotatable bonds is 6. The Morgan fingerprint density at radius 1 is 0.480 bits per heavy atom. The van der Waals surface area contributed by atoms with Crippen molar-refractivity contribution >= 4 is 60.7 Å². The van der Waals surface area contributed by atoms with Gasteiger partial charge in [-0.3, -0.25) is 0 Å². The van der Waals surface area contributed by atoms with Crippen LogP contribution in [-0.2, 0) is 13.3 Å². The molecule has 0 aliphatic heterocycles. The van der Waals surface area contributed by atoms with Crippen molar-refractivity contribution in [3.05, 3.63) is 155 Å². The fourth-order valence-electron chi connectivity index (χ4n) is 9.17. The van der Waals surface area contributed by atoms with Gasteiger partial charge in [0.05, 0.1) is 0 Å². The standard InChI is InChI=1S/2C22H19.C2H6Ge.2ClH.Zr/c2*1-15(2)18-13-17-9-6-12-21(22(17)14-18)20-11-5-8-16-7-3-4-10-19(16)20;1-3-2;;;/h2*3-15H,1-2H3;1-2H3;2*1H;/q;;;;;+2/p-2. The van der Waals surface area contributed by atoms with Crippen LogP contribution < -0.4 is 0 Å². The van der Waals surface area contributed by atoms with E-state index in [1.807, 2.05) is 0 Å². The summed E-state index contributed by atoms with van der Waals surface area (Å²) in [5, 5.41) is 5.08. The molecule has 0 saturated carbocycles. The Hall–Kier alpha value is -2.67. The number of fused-ring (bicyclic) bond motifs is 4. The van der Waals surface area contributed by atoms with E-state index < -0.39 is 23.3 Å². The maximum absolute atomic E-state index is 8.83. The molecule has 2 aliphatic carbocycles. The first-order valence-corrected chi connectivity index (χ1v) is 38.8. The molecule has 6 aromatic carbocycles. The van der Waals surface area contributed by atoms with Crippen LogP contribution in [0.4, 0.5) is 0 Å². The molecule has 0 bridgehead atoms. The molecule has 4 heteroatoms. The van der Waals surface area contributed by atoms with Gasteiger partial charge in [-0.1, -0.05) is 0 Å². The van der Waals surface area contributed by atoms with Gasteiger partial charge >= 0.3 is 309 Å². The third-order valence-electron chi connectivity index (χ3n) is 11.7. The Balaban J connectivity index is 1.39. The summed E-state index contributed by atoms with van der Waals surface area (Å²) in [6, 6.07) is 44.7. The topological polar surface area (TPSA) is 0 Å². The molecule has 0 radical (unpaired) electrons. The first-order valence-electron chi connectivity index (χ1n) is 18.0. The normalized spacial score (nSPS) is 17.3. The molecule has 6 aromatic rings. The number of benzene rings is 6. The summed E-state index contributed by atoms with van der Waals surface area (Å²) < 4.78 is 0.128. The Kier molecular flexibility index (Phi) is 8.79. The van der Waals surface area contributed by atoms with Crippen molar-refractivity contribution < 1.29 is 13.3 Å². The van der Waals surface area contributed by atoms with Gasteiger partial charge in [-0.2, -0.15) is 0 Å². The molecule has 250 valence electrons. The molecule has 0 saturated heterocycles. The molecule has 0 heterocycles. The first-order chi connectivity index (χ1) is 24.0. The summed E-state index contributed by atoms with van der Waals surface area (Å²) in [6.45, 7) is 9.38. The monoisotopic (exact) mass is 830 g/mol. The van der Waals surface area contributed by atoms with E-state index in [1.54, 1.807) is 0 Å². The van der Waals surface area contributed by atoms with E-state index in [4.69, 9.17) is 17.0 Å². The number of allylic oxidation sites excluding steroid dienone is 2. The second-order valence-corrected chi connectivity index (χ2v) is 72.8. The zero-order valence-corrected chi connectivity index (χ0v) is 35.8. The van der Waals surface area contributed by atoms with Crippen LogP contribution in [0, 0.1) is 11.8 Å². The second-order valence-electron chi connectivity index (χ2n) is 15.3. The summed E-state index contributed by atoms with van der Waals surface area (Å²) in [5.41, 5.74) is 13.3. The zero-order valence-electron chi connectivity index (χ0n) is 29.8. The summed E-state index contributed by atoms with van der Waals surface area (Å²) in [4.78, 5) is 0. The van der Waals surface area contributed by atoms with Gasteiger partial charge in [0.15, 0.2) is 0 Å². The van der Waals surface area contributed by atoms with Crippen LogP contribution in [0.3, 0.4) is 0 Å². The van der Waals surface area contributed by atoms with Crippen LogP contribution >= 0.6 is 17.0 Å². The molecule has 50 heavy (non-hydrogen) atoms. The zero-order chi connectivity index (χ0) is 35.0. The number of hydrogen-bond acceptors (Lipinski definition) is 0. The van der Waals surface area contributed by atoms with E-state index in [0.29, 0.717) is 11.8 Å². The van der Waals surface area contributed by atoms with Crippen molar-refractivity contribution in [1.29, 1.82) is 0 Å². The van der Waals surface area contributed by atoms with Crippen molar-refractivity contribution in [1.82, 2.24) is 0 Å². The van der Waals surface area contributed by atoms with E-state index in [1.165, 1.54) is 77.2 Å².